The normalized spacial score (nSPS) is 13.2. The third-order valence-corrected chi connectivity index (χ3v) is 5.40. The standard InChI is InChI=1S/C20H28N4O2S.HI/c1-5-21-19(22-9-8-18-23-11-14(2)27-18)24-12-20(3,4)15-6-7-16-17(10-15)26-13-25-16;/h6-7,10-11H,5,8-9,12-13H2,1-4H3,(H2,21,22,24);1H. The van der Waals surface area contributed by atoms with Crippen molar-refractivity contribution in [3.8, 4) is 11.5 Å². The Bertz CT molecular complexity index is 807. The molecule has 0 saturated carbocycles. The highest BCUT2D eigenvalue weighted by Gasteiger charge is 2.24. The molecule has 1 aromatic carbocycles. The molecule has 1 aliphatic heterocycles. The van der Waals surface area contributed by atoms with Crippen molar-refractivity contribution in [2.75, 3.05) is 26.4 Å². The maximum atomic E-state index is 5.51. The predicted octanol–water partition coefficient (Wildman–Crippen LogP) is 3.87. The molecule has 154 valence electrons. The predicted molar refractivity (Wildman–Crippen MR) is 126 cm³/mol. The summed E-state index contributed by atoms with van der Waals surface area (Å²) >= 11 is 1.74. The van der Waals surface area contributed by atoms with E-state index in [1.165, 1.54) is 10.4 Å². The molecule has 2 N–H and O–H groups in total. The molecule has 0 unspecified atom stereocenters. The Hall–Kier alpha value is -1.55. The molecule has 28 heavy (non-hydrogen) atoms. The number of rotatable bonds is 7. The number of aliphatic imine (C=N–C) groups is 1. The van der Waals surface area contributed by atoms with Crippen LogP contribution in [-0.4, -0.2) is 37.4 Å². The van der Waals surface area contributed by atoms with Gasteiger partial charge in [0.25, 0.3) is 0 Å². The quantitative estimate of drug-likeness (QED) is 0.332. The van der Waals surface area contributed by atoms with Crippen molar-refractivity contribution in [3.05, 3.63) is 39.8 Å². The molecular formula is C20H29IN4O2S. The third-order valence-electron chi connectivity index (χ3n) is 4.43. The molecule has 0 aliphatic carbocycles. The van der Waals surface area contributed by atoms with Crippen LogP contribution in [0.25, 0.3) is 0 Å². The fraction of sp³-hybridized carbons (Fsp3) is 0.500. The zero-order chi connectivity index (χ0) is 19.3. The smallest absolute Gasteiger partial charge is 0.231 e. The van der Waals surface area contributed by atoms with E-state index in [0.717, 1.165) is 42.0 Å². The Kier molecular flexibility index (Phi) is 8.36. The van der Waals surface area contributed by atoms with Crippen LogP contribution in [0.15, 0.2) is 29.4 Å². The summed E-state index contributed by atoms with van der Waals surface area (Å²) in [5, 5.41) is 7.87. The number of fused-ring (bicyclic) bond motifs is 1. The maximum Gasteiger partial charge on any atom is 0.231 e. The highest BCUT2D eigenvalue weighted by atomic mass is 127. The van der Waals surface area contributed by atoms with E-state index in [1.807, 2.05) is 12.3 Å². The van der Waals surface area contributed by atoms with E-state index in [-0.39, 0.29) is 29.4 Å². The molecule has 0 amide bonds. The zero-order valence-corrected chi connectivity index (χ0v) is 20.0. The summed E-state index contributed by atoms with van der Waals surface area (Å²) in [5.41, 5.74) is 1.07. The van der Waals surface area contributed by atoms with Gasteiger partial charge in [-0.2, -0.15) is 0 Å². The van der Waals surface area contributed by atoms with Gasteiger partial charge in [-0.05, 0) is 31.5 Å². The van der Waals surface area contributed by atoms with Crippen molar-refractivity contribution in [2.45, 2.75) is 39.5 Å². The molecule has 0 saturated heterocycles. The SMILES string of the molecule is CCNC(=NCC(C)(C)c1ccc2c(c1)OCO2)NCCc1ncc(C)s1.I. The second kappa shape index (κ2) is 10.3. The lowest BCUT2D eigenvalue weighted by Gasteiger charge is -2.24. The molecule has 0 fully saturated rings. The Morgan fingerprint density at radius 1 is 1.25 bits per heavy atom. The highest BCUT2D eigenvalue weighted by Crippen LogP contribution is 2.36. The molecule has 0 radical (unpaired) electrons. The molecule has 0 bridgehead atoms. The van der Waals surface area contributed by atoms with Gasteiger partial charge in [0.05, 0.1) is 11.6 Å². The number of thiazole rings is 1. The highest BCUT2D eigenvalue weighted by molar-refractivity contribution is 14.0. The number of hydrogen-bond donors (Lipinski definition) is 2. The summed E-state index contributed by atoms with van der Waals surface area (Å²) in [6.07, 6.45) is 2.82. The van der Waals surface area contributed by atoms with Crippen LogP contribution >= 0.6 is 35.3 Å². The van der Waals surface area contributed by atoms with Crippen LogP contribution in [0.2, 0.25) is 0 Å². The minimum absolute atomic E-state index is 0. The fourth-order valence-electron chi connectivity index (χ4n) is 2.83. The minimum Gasteiger partial charge on any atom is -0.454 e. The number of nitrogens with zero attached hydrogens (tertiary/aromatic N) is 2. The van der Waals surface area contributed by atoms with Crippen LogP contribution in [0.3, 0.4) is 0 Å². The van der Waals surface area contributed by atoms with Crippen LogP contribution < -0.4 is 20.1 Å². The Morgan fingerprint density at radius 3 is 2.75 bits per heavy atom. The Morgan fingerprint density at radius 2 is 2.04 bits per heavy atom. The van der Waals surface area contributed by atoms with E-state index in [2.05, 4.69) is 55.4 Å². The topological polar surface area (TPSA) is 67.8 Å². The number of aryl methyl sites for hydroxylation is 1. The third kappa shape index (κ3) is 5.97. The molecule has 0 atom stereocenters. The molecule has 1 aliphatic rings. The molecule has 2 heterocycles. The lowest BCUT2D eigenvalue weighted by molar-refractivity contribution is 0.174. The van der Waals surface area contributed by atoms with Gasteiger partial charge in [-0.3, -0.25) is 4.99 Å². The van der Waals surface area contributed by atoms with E-state index in [1.54, 1.807) is 11.3 Å². The fourth-order valence-corrected chi connectivity index (χ4v) is 3.62. The van der Waals surface area contributed by atoms with Crippen molar-refractivity contribution >= 4 is 41.3 Å². The number of guanidine groups is 1. The van der Waals surface area contributed by atoms with Crippen molar-refractivity contribution in [3.63, 3.8) is 0 Å². The summed E-state index contributed by atoms with van der Waals surface area (Å²) in [6, 6.07) is 6.12. The van der Waals surface area contributed by atoms with Crippen molar-refractivity contribution in [2.24, 2.45) is 4.99 Å². The molecule has 0 spiro atoms. The minimum atomic E-state index is -0.115. The van der Waals surface area contributed by atoms with Crippen molar-refractivity contribution in [1.29, 1.82) is 0 Å². The summed E-state index contributed by atoms with van der Waals surface area (Å²) in [5.74, 6) is 2.46. The van der Waals surface area contributed by atoms with Crippen LogP contribution in [-0.2, 0) is 11.8 Å². The van der Waals surface area contributed by atoms with Gasteiger partial charge >= 0.3 is 0 Å². The van der Waals surface area contributed by atoms with Gasteiger partial charge in [0, 0.05) is 36.0 Å². The van der Waals surface area contributed by atoms with Crippen LogP contribution in [0.4, 0.5) is 0 Å². The average Bonchev–Trinajstić information content (AvgIpc) is 3.27. The van der Waals surface area contributed by atoms with E-state index >= 15 is 0 Å². The van der Waals surface area contributed by atoms with Crippen molar-refractivity contribution < 1.29 is 9.47 Å². The lowest BCUT2D eigenvalue weighted by Crippen LogP contribution is -2.39. The number of ether oxygens (including phenoxy) is 2. The molecule has 8 heteroatoms. The summed E-state index contributed by atoms with van der Waals surface area (Å²) in [7, 11) is 0. The van der Waals surface area contributed by atoms with Gasteiger partial charge in [-0.1, -0.05) is 19.9 Å². The van der Waals surface area contributed by atoms with Gasteiger partial charge in [0.15, 0.2) is 17.5 Å². The first-order valence-electron chi connectivity index (χ1n) is 9.31. The van der Waals surface area contributed by atoms with Crippen molar-refractivity contribution in [1.82, 2.24) is 15.6 Å². The number of aromatic nitrogens is 1. The van der Waals surface area contributed by atoms with Gasteiger partial charge in [0.1, 0.15) is 0 Å². The van der Waals surface area contributed by atoms with Gasteiger partial charge in [-0.25, -0.2) is 4.98 Å². The summed E-state index contributed by atoms with van der Waals surface area (Å²) in [4.78, 5) is 10.5. The van der Waals surface area contributed by atoms with E-state index in [9.17, 15) is 0 Å². The number of benzene rings is 1. The monoisotopic (exact) mass is 516 g/mol. The second-order valence-corrected chi connectivity index (χ2v) is 8.51. The summed E-state index contributed by atoms with van der Waals surface area (Å²) in [6.45, 7) is 11.1. The number of halogens is 1. The van der Waals surface area contributed by atoms with Crippen LogP contribution in [0.5, 0.6) is 11.5 Å². The Balaban J connectivity index is 0.00000280. The van der Waals surface area contributed by atoms with Gasteiger partial charge in [-0.15, -0.1) is 35.3 Å². The lowest BCUT2D eigenvalue weighted by atomic mass is 9.84. The van der Waals surface area contributed by atoms with Gasteiger partial charge < -0.3 is 20.1 Å². The van der Waals surface area contributed by atoms with Gasteiger partial charge in [0.2, 0.25) is 6.79 Å². The first-order valence-corrected chi connectivity index (χ1v) is 10.1. The van der Waals surface area contributed by atoms with E-state index in [0.29, 0.717) is 13.3 Å². The molecular weight excluding hydrogens is 487 g/mol. The first kappa shape index (κ1) is 22.7. The van der Waals surface area contributed by atoms with E-state index < -0.39 is 0 Å². The molecule has 2 aromatic rings. The molecule has 6 nitrogen and oxygen atoms in total. The average molecular weight is 516 g/mol. The summed E-state index contributed by atoms with van der Waals surface area (Å²) < 4.78 is 10.9. The first-order chi connectivity index (χ1) is 13.0. The largest absolute Gasteiger partial charge is 0.454 e. The second-order valence-electron chi connectivity index (χ2n) is 7.19. The maximum absolute atomic E-state index is 5.51. The molecule has 3 rings (SSSR count). The zero-order valence-electron chi connectivity index (χ0n) is 16.9. The van der Waals surface area contributed by atoms with Crippen LogP contribution in [0.1, 0.15) is 36.2 Å². The van der Waals surface area contributed by atoms with Crippen LogP contribution in [0, 0.1) is 6.92 Å². The number of hydrogen-bond acceptors (Lipinski definition) is 5. The Labute approximate surface area is 188 Å². The molecule has 1 aromatic heterocycles. The van der Waals surface area contributed by atoms with E-state index in [4.69, 9.17) is 14.5 Å². The number of nitrogens with one attached hydrogen (secondary N) is 2.